The maximum Gasteiger partial charge on any atom is 0.295 e. The first kappa shape index (κ1) is 12.7. The van der Waals surface area contributed by atoms with Gasteiger partial charge >= 0.3 is 0 Å². The third-order valence-electron chi connectivity index (χ3n) is 3.58. The highest BCUT2D eigenvalue weighted by Crippen LogP contribution is 2.33. The van der Waals surface area contributed by atoms with Crippen LogP contribution in [0.3, 0.4) is 0 Å². The highest BCUT2D eigenvalue weighted by Gasteiger charge is 2.30. The molecule has 1 aliphatic rings. The van der Waals surface area contributed by atoms with E-state index < -0.39 is 0 Å². The maximum absolute atomic E-state index is 11.7. The van der Waals surface area contributed by atoms with Crippen LogP contribution in [0.2, 0.25) is 0 Å². The molecule has 0 saturated carbocycles. The van der Waals surface area contributed by atoms with Gasteiger partial charge in [0, 0.05) is 6.04 Å². The number of H-pyrrole nitrogens is 1. The molecule has 3 rings (SSSR count). The Kier molecular flexibility index (Phi) is 3.15. The molecule has 1 aromatic carbocycles. The minimum absolute atomic E-state index is 0.0572. The van der Waals surface area contributed by atoms with E-state index in [1.54, 1.807) is 0 Å². The van der Waals surface area contributed by atoms with Gasteiger partial charge in [-0.25, -0.2) is 4.98 Å². The van der Waals surface area contributed by atoms with Crippen LogP contribution in [-0.2, 0) is 6.42 Å². The van der Waals surface area contributed by atoms with Crippen molar-refractivity contribution >= 4 is 5.82 Å². The zero-order valence-electron chi connectivity index (χ0n) is 11.1. The summed E-state index contributed by atoms with van der Waals surface area (Å²) in [6, 6.07) is 7.96. The number of aromatic amines is 1. The van der Waals surface area contributed by atoms with E-state index in [0.29, 0.717) is 5.82 Å². The molecular weight excluding hydrogens is 256 g/mol. The van der Waals surface area contributed by atoms with E-state index in [2.05, 4.69) is 21.4 Å². The van der Waals surface area contributed by atoms with Gasteiger partial charge in [-0.3, -0.25) is 4.79 Å². The Bertz CT molecular complexity index is 683. The van der Waals surface area contributed by atoms with Crippen molar-refractivity contribution in [1.82, 2.24) is 9.97 Å². The normalized spacial score (nSPS) is 20.5. The van der Waals surface area contributed by atoms with Crippen LogP contribution in [-0.4, -0.2) is 23.1 Å². The van der Waals surface area contributed by atoms with Gasteiger partial charge in [-0.2, -0.15) is 0 Å². The molecule has 0 radical (unpaired) electrons. The summed E-state index contributed by atoms with van der Waals surface area (Å²) in [7, 11) is 1.44. The number of methoxy groups -OCH3 is 1. The summed E-state index contributed by atoms with van der Waals surface area (Å²) in [5, 5.41) is 3.23. The molecule has 1 aliphatic carbocycles. The van der Waals surface area contributed by atoms with Crippen molar-refractivity contribution in [3.8, 4) is 5.75 Å². The lowest BCUT2D eigenvalue weighted by atomic mass is 10.1. The van der Waals surface area contributed by atoms with Crippen LogP contribution in [0.5, 0.6) is 5.75 Å². The van der Waals surface area contributed by atoms with Crippen molar-refractivity contribution in [3.05, 3.63) is 52.1 Å². The summed E-state index contributed by atoms with van der Waals surface area (Å²) in [5.41, 5.74) is 8.24. The average molecular weight is 272 g/mol. The summed E-state index contributed by atoms with van der Waals surface area (Å²) in [5.74, 6) is 0.581. The van der Waals surface area contributed by atoms with Gasteiger partial charge in [0.25, 0.3) is 5.56 Å². The lowest BCUT2D eigenvalue weighted by molar-refractivity contribution is 0.407. The highest BCUT2D eigenvalue weighted by atomic mass is 16.5. The molecule has 0 bridgehead atoms. The van der Waals surface area contributed by atoms with Crippen LogP contribution in [0, 0.1) is 0 Å². The third-order valence-corrected chi connectivity index (χ3v) is 3.58. The fourth-order valence-electron chi connectivity index (χ4n) is 2.64. The molecule has 0 amide bonds. The first-order valence-corrected chi connectivity index (χ1v) is 6.42. The Hall–Kier alpha value is -2.34. The first-order valence-electron chi connectivity index (χ1n) is 6.42. The summed E-state index contributed by atoms with van der Waals surface area (Å²) >= 11 is 0. The number of ether oxygens (including phenoxy) is 1. The molecule has 20 heavy (non-hydrogen) atoms. The van der Waals surface area contributed by atoms with Crippen molar-refractivity contribution < 1.29 is 4.74 Å². The van der Waals surface area contributed by atoms with Crippen molar-refractivity contribution in [2.24, 2.45) is 5.73 Å². The fourth-order valence-corrected chi connectivity index (χ4v) is 2.64. The molecule has 4 N–H and O–H groups in total. The zero-order valence-corrected chi connectivity index (χ0v) is 11.1. The minimum Gasteiger partial charge on any atom is -0.489 e. The maximum atomic E-state index is 11.7. The predicted octanol–water partition coefficient (Wildman–Crippen LogP) is 0.815. The number of anilines is 1. The number of aromatic nitrogens is 2. The number of benzene rings is 1. The molecule has 2 aromatic rings. The smallest absolute Gasteiger partial charge is 0.295 e. The van der Waals surface area contributed by atoms with Gasteiger partial charge in [0.15, 0.2) is 5.82 Å². The van der Waals surface area contributed by atoms with Gasteiger partial charge < -0.3 is 20.8 Å². The van der Waals surface area contributed by atoms with Crippen molar-refractivity contribution in [2.75, 3.05) is 12.4 Å². The van der Waals surface area contributed by atoms with E-state index in [4.69, 9.17) is 10.5 Å². The van der Waals surface area contributed by atoms with Crippen LogP contribution < -0.4 is 21.3 Å². The lowest BCUT2D eigenvalue weighted by Gasteiger charge is -2.20. The van der Waals surface area contributed by atoms with Gasteiger partial charge in [-0.05, 0) is 17.5 Å². The fraction of sp³-hybridized carbons (Fsp3) is 0.286. The number of hydrogen-bond donors (Lipinski definition) is 3. The molecular formula is C14H16N4O2. The summed E-state index contributed by atoms with van der Waals surface area (Å²) < 4.78 is 5.10. The monoisotopic (exact) mass is 272 g/mol. The standard InChI is InChI=1S/C14H16N4O2/c1-20-12-13(16-7-17-14(12)19)18-11-9-5-3-2-4-8(9)6-10(11)15/h2-5,7,10-11H,6,15H2,1H3,(H2,16,17,18,19). The quantitative estimate of drug-likeness (QED) is 0.769. The number of nitrogens with one attached hydrogen (secondary N) is 2. The number of nitrogens with zero attached hydrogens (tertiary/aromatic N) is 1. The van der Waals surface area contributed by atoms with E-state index in [-0.39, 0.29) is 23.4 Å². The van der Waals surface area contributed by atoms with Crippen LogP contribution in [0.25, 0.3) is 0 Å². The Morgan fingerprint density at radius 1 is 1.45 bits per heavy atom. The van der Waals surface area contributed by atoms with Crippen molar-refractivity contribution in [2.45, 2.75) is 18.5 Å². The van der Waals surface area contributed by atoms with Crippen molar-refractivity contribution in [3.63, 3.8) is 0 Å². The molecule has 1 heterocycles. The zero-order chi connectivity index (χ0) is 14.1. The molecule has 0 saturated heterocycles. The third kappa shape index (κ3) is 2.04. The van der Waals surface area contributed by atoms with Crippen LogP contribution in [0.15, 0.2) is 35.4 Å². The molecule has 1 aromatic heterocycles. The second-order valence-electron chi connectivity index (χ2n) is 4.80. The van der Waals surface area contributed by atoms with Crippen LogP contribution in [0.4, 0.5) is 5.82 Å². The number of fused-ring (bicyclic) bond motifs is 1. The molecule has 0 spiro atoms. The predicted molar refractivity (Wildman–Crippen MR) is 75.9 cm³/mol. The number of hydrogen-bond acceptors (Lipinski definition) is 5. The van der Waals surface area contributed by atoms with E-state index in [1.807, 2.05) is 18.2 Å². The van der Waals surface area contributed by atoms with Gasteiger partial charge in [0.1, 0.15) is 0 Å². The molecule has 6 heteroatoms. The Morgan fingerprint density at radius 2 is 2.25 bits per heavy atom. The van der Waals surface area contributed by atoms with Crippen LogP contribution in [0.1, 0.15) is 17.2 Å². The Morgan fingerprint density at radius 3 is 3.05 bits per heavy atom. The van der Waals surface area contributed by atoms with E-state index in [9.17, 15) is 4.79 Å². The molecule has 2 atom stereocenters. The van der Waals surface area contributed by atoms with Crippen molar-refractivity contribution in [1.29, 1.82) is 0 Å². The summed E-state index contributed by atoms with van der Waals surface area (Å²) in [4.78, 5) is 18.3. The molecule has 0 aliphatic heterocycles. The SMILES string of the molecule is COc1c(NC2c3ccccc3CC2N)nc[nH]c1=O. The second-order valence-corrected chi connectivity index (χ2v) is 4.80. The van der Waals surface area contributed by atoms with E-state index >= 15 is 0 Å². The Balaban J connectivity index is 1.96. The van der Waals surface area contributed by atoms with E-state index in [0.717, 1.165) is 12.0 Å². The molecule has 6 nitrogen and oxygen atoms in total. The molecule has 104 valence electrons. The minimum atomic E-state index is -0.315. The van der Waals surface area contributed by atoms with Gasteiger partial charge in [-0.15, -0.1) is 0 Å². The van der Waals surface area contributed by atoms with E-state index in [1.165, 1.54) is 19.0 Å². The van der Waals surface area contributed by atoms with Gasteiger partial charge in [0.05, 0.1) is 19.5 Å². The highest BCUT2D eigenvalue weighted by molar-refractivity contribution is 5.52. The van der Waals surface area contributed by atoms with Gasteiger partial charge in [-0.1, -0.05) is 24.3 Å². The largest absolute Gasteiger partial charge is 0.489 e. The second kappa shape index (κ2) is 4.97. The number of rotatable bonds is 3. The molecule has 2 unspecified atom stereocenters. The average Bonchev–Trinajstić information content (AvgIpc) is 2.76. The topological polar surface area (TPSA) is 93.0 Å². The summed E-state index contributed by atoms with van der Waals surface area (Å²) in [6.45, 7) is 0. The molecule has 0 fully saturated rings. The lowest BCUT2D eigenvalue weighted by Crippen LogP contribution is -2.30. The Labute approximate surface area is 116 Å². The summed E-state index contributed by atoms with van der Waals surface area (Å²) in [6.07, 6.45) is 2.15. The van der Waals surface area contributed by atoms with Crippen LogP contribution >= 0.6 is 0 Å². The first-order chi connectivity index (χ1) is 9.70. The van der Waals surface area contributed by atoms with Gasteiger partial charge in [0.2, 0.25) is 5.75 Å². The number of nitrogens with two attached hydrogens (primary N) is 1.